The van der Waals surface area contributed by atoms with Crippen molar-refractivity contribution >= 4 is 0 Å². The molecule has 0 nitrogen and oxygen atoms in total. The summed E-state index contributed by atoms with van der Waals surface area (Å²) in [6.07, 6.45) is 1.96. The van der Waals surface area contributed by atoms with E-state index in [0.717, 1.165) is 11.1 Å². The Morgan fingerprint density at radius 3 is 1.94 bits per heavy atom. The highest BCUT2D eigenvalue weighted by molar-refractivity contribution is 5.48. The highest BCUT2D eigenvalue weighted by atomic mass is 14.2. The zero-order chi connectivity index (χ0) is 13.2. The van der Waals surface area contributed by atoms with Gasteiger partial charge in [-0.15, -0.1) is 6.58 Å². The van der Waals surface area contributed by atoms with E-state index < -0.39 is 0 Å². The minimum atomic E-state index is 0.174. The summed E-state index contributed by atoms with van der Waals surface area (Å²) in [5.74, 6) is 0.174. The Bertz CT molecular complexity index is 452. The van der Waals surface area contributed by atoms with Gasteiger partial charge in [-0.3, -0.25) is 0 Å². The van der Waals surface area contributed by atoms with Crippen LogP contribution < -0.4 is 0 Å². The van der Waals surface area contributed by atoms with E-state index in [1.165, 1.54) is 22.3 Å². The van der Waals surface area contributed by atoms with Crippen LogP contribution in [0.4, 0.5) is 0 Å². The lowest BCUT2D eigenvalue weighted by molar-refractivity contribution is 0.973. The molecule has 1 atom stereocenters. The van der Waals surface area contributed by atoms with Crippen molar-refractivity contribution in [1.29, 1.82) is 0 Å². The van der Waals surface area contributed by atoms with Gasteiger partial charge in [0.15, 0.2) is 0 Å². The average Bonchev–Trinajstić information content (AvgIpc) is 2.21. The molecule has 1 unspecified atom stereocenters. The molecule has 17 heavy (non-hydrogen) atoms. The number of aryl methyl sites for hydroxylation is 3. The highest BCUT2D eigenvalue weighted by Crippen LogP contribution is 2.33. The Morgan fingerprint density at radius 2 is 1.59 bits per heavy atom. The van der Waals surface area contributed by atoms with Crippen LogP contribution in [0.15, 0.2) is 49.1 Å². The number of allylic oxidation sites excluding steroid dienone is 3. The smallest absolute Gasteiger partial charge is 0.0268 e. The van der Waals surface area contributed by atoms with Crippen LogP contribution in [0.2, 0.25) is 0 Å². The molecule has 0 N–H and O–H groups in total. The van der Waals surface area contributed by atoms with Gasteiger partial charge in [0, 0.05) is 5.92 Å². The maximum Gasteiger partial charge on any atom is 0.0268 e. The second-order valence-electron chi connectivity index (χ2n) is 4.83. The predicted molar refractivity (Wildman–Crippen MR) is 77.5 cm³/mol. The van der Waals surface area contributed by atoms with Gasteiger partial charge in [0.25, 0.3) is 0 Å². The van der Waals surface area contributed by atoms with Crippen molar-refractivity contribution in [2.24, 2.45) is 0 Å². The summed E-state index contributed by atoms with van der Waals surface area (Å²) in [6, 6.07) is 4.43. The first-order valence-corrected chi connectivity index (χ1v) is 5.93. The van der Waals surface area contributed by atoms with Crippen LogP contribution in [-0.4, -0.2) is 0 Å². The standard InChI is InChI=1S/C17H22/c1-8-16(15(7)11(2)3)17-13(5)9-12(4)10-14(17)6/h8-10,16H,1-2,7H2,3-6H3. The van der Waals surface area contributed by atoms with Crippen LogP contribution >= 0.6 is 0 Å². The normalized spacial score (nSPS) is 12.0. The Morgan fingerprint density at radius 1 is 1.12 bits per heavy atom. The number of rotatable bonds is 4. The van der Waals surface area contributed by atoms with Crippen LogP contribution in [0.3, 0.4) is 0 Å². The van der Waals surface area contributed by atoms with Crippen molar-refractivity contribution in [1.82, 2.24) is 0 Å². The molecule has 1 aromatic carbocycles. The first-order chi connectivity index (χ1) is 7.88. The second kappa shape index (κ2) is 5.18. The Balaban J connectivity index is 3.35. The third-order valence-corrected chi connectivity index (χ3v) is 3.21. The van der Waals surface area contributed by atoms with Gasteiger partial charge in [-0.2, -0.15) is 0 Å². The summed E-state index contributed by atoms with van der Waals surface area (Å²) in [5.41, 5.74) is 7.29. The fourth-order valence-corrected chi connectivity index (χ4v) is 2.38. The third kappa shape index (κ3) is 2.76. The monoisotopic (exact) mass is 226 g/mol. The van der Waals surface area contributed by atoms with Crippen molar-refractivity contribution in [3.63, 3.8) is 0 Å². The van der Waals surface area contributed by atoms with Crippen molar-refractivity contribution in [3.8, 4) is 0 Å². The number of hydrogen-bond acceptors (Lipinski definition) is 0. The van der Waals surface area contributed by atoms with Crippen molar-refractivity contribution in [3.05, 3.63) is 71.3 Å². The molecular weight excluding hydrogens is 204 g/mol. The van der Waals surface area contributed by atoms with Crippen LogP contribution in [0.5, 0.6) is 0 Å². The van der Waals surface area contributed by atoms with Gasteiger partial charge in [0.2, 0.25) is 0 Å². The fourth-order valence-electron chi connectivity index (χ4n) is 2.38. The summed E-state index contributed by atoms with van der Waals surface area (Å²) >= 11 is 0. The molecule has 0 saturated heterocycles. The molecule has 0 fully saturated rings. The largest absolute Gasteiger partial charge is 0.102 e. The summed E-state index contributed by atoms with van der Waals surface area (Å²) in [4.78, 5) is 0. The van der Waals surface area contributed by atoms with Crippen LogP contribution in [-0.2, 0) is 0 Å². The zero-order valence-electron chi connectivity index (χ0n) is 11.4. The van der Waals surface area contributed by atoms with E-state index in [4.69, 9.17) is 0 Å². The van der Waals surface area contributed by atoms with Gasteiger partial charge in [0.05, 0.1) is 0 Å². The maximum atomic E-state index is 4.14. The molecule has 0 heterocycles. The van der Waals surface area contributed by atoms with Crippen molar-refractivity contribution in [2.45, 2.75) is 33.6 Å². The average molecular weight is 226 g/mol. The molecule has 0 amide bonds. The van der Waals surface area contributed by atoms with E-state index in [2.05, 4.69) is 52.6 Å². The lowest BCUT2D eigenvalue weighted by Crippen LogP contribution is -2.05. The molecule has 0 aliphatic heterocycles. The van der Waals surface area contributed by atoms with E-state index in [0.29, 0.717) is 0 Å². The topological polar surface area (TPSA) is 0 Å². The van der Waals surface area contributed by atoms with E-state index >= 15 is 0 Å². The van der Waals surface area contributed by atoms with Gasteiger partial charge in [0.1, 0.15) is 0 Å². The second-order valence-corrected chi connectivity index (χ2v) is 4.83. The molecule has 0 spiro atoms. The number of benzene rings is 1. The molecule has 0 bridgehead atoms. The summed E-state index contributed by atoms with van der Waals surface area (Å²) in [5, 5.41) is 0. The van der Waals surface area contributed by atoms with E-state index in [1.807, 2.05) is 13.0 Å². The maximum absolute atomic E-state index is 4.14. The molecule has 0 aromatic heterocycles. The minimum absolute atomic E-state index is 0.174. The van der Waals surface area contributed by atoms with Crippen LogP contribution in [0.1, 0.15) is 35.1 Å². The molecular formula is C17H22. The molecule has 1 rings (SSSR count). The highest BCUT2D eigenvalue weighted by Gasteiger charge is 2.16. The van der Waals surface area contributed by atoms with E-state index in [1.54, 1.807) is 0 Å². The Labute approximate surface area is 105 Å². The first kappa shape index (κ1) is 13.5. The third-order valence-electron chi connectivity index (χ3n) is 3.21. The molecule has 0 radical (unpaired) electrons. The molecule has 0 saturated carbocycles. The Kier molecular flexibility index (Phi) is 4.11. The SMILES string of the molecule is C=CC(C(=C)C(=C)C)c1c(C)cc(C)cc1C. The predicted octanol–water partition coefficient (Wildman–Crippen LogP) is 5.01. The van der Waals surface area contributed by atoms with Crippen LogP contribution in [0.25, 0.3) is 0 Å². The van der Waals surface area contributed by atoms with Crippen molar-refractivity contribution in [2.75, 3.05) is 0 Å². The van der Waals surface area contributed by atoms with Gasteiger partial charge in [-0.05, 0) is 50.0 Å². The summed E-state index contributed by atoms with van der Waals surface area (Å²) < 4.78 is 0. The van der Waals surface area contributed by atoms with Gasteiger partial charge < -0.3 is 0 Å². The Hall–Kier alpha value is -1.56. The van der Waals surface area contributed by atoms with Crippen molar-refractivity contribution < 1.29 is 0 Å². The molecule has 90 valence electrons. The molecule has 0 aliphatic rings. The van der Waals surface area contributed by atoms with Gasteiger partial charge in [-0.1, -0.05) is 42.5 Å². The molecule has 1 aromatic rings. The fraction of sp³-hybridized carbons (Fsp3) is 0.294. The number of hydrogen-bond donors (Lipinski definition) is 0. The molecule has 0 aliphatic carbocycles. The van der Waals surface area contributed by atoms with Crippen LogP contribution in [0, 0.1) is 20.8 Å². The van der Waals surface area contributed by atoms with Gasteiger partial charge >= 0.3 is 0 Å². The zero-order valence-corrected chi connectivity index (χ0v) is 11.4. The van der Waals surface area contributed by atoms with E-state index in [-0.39, 0.29) is 5.92 Å². The molecule has 0 heteroatoms. The summed E-state index contributed by atoms with van der Waals surface area (Å²) in [7, 11) is 0. The van der Waals surface area contributed by atoms with E-state index in [9.17, 15) is 0 Å². The first-order valence-electron chi connectivity index (χ1n) is 5.93. The quantitative estimate of drug-likeness (QED) is 0.500. The lowest BCUT2D eigenvalue weighted by atomic mass is 9.83. The summed E-state index contributed by atoms with van der Waals surface area (Å²) in [6.45, 7) is 20.5. The minimum Gasteiger partial charge on any atom is -0.102 e. The lowest BCUT2D eigenvalue weighted by Gasteiger charge is -2.21. The van der Waals surface area contributed by atoms with Gasteiger partial charge in [-0.25, -0.2) is 0 Å².